The van der Waals surface area contributed by atoms with Gasteiger partial charge in [0, 0.05) is 19.2 Å². The number of hydrogen-bond acceptors (Lipinski definition) is 6. The van der Waals surface area contributed by atoms with Crippen LogP contribution in [0.5, 0.6) is 11.5 Å². The Balaban J connectivity index is 2.06. The smallest absolute Gasteiger partial charge is 0.282 e. The van der Waals surface area contributed by atoms with Crippen molar-refractivity contribution in [2.24, 2.45) is 0 Å². The summed E-state index contributed by atoms with van der Waals surface area (Å²) in [6.45, 7) is 5.94. The molecule has 0 saturated heterocycles. The van der Waals surface area contributed by atoms with Gasteiger partial charge in [-0.15, -0.1) is 0 Å². The molecule has 1 amide bonds. The zero-order valence-corrected chi connectivity index (χ0v) is 19.8. The highest BCUT2D eigenvalue weighted by Crippen LogP contribution is 2.34. The first-order valence-electron chi connectivity index (χ1n) is 10.6. The topological polar surface area (TPSA) is 119 Å². The minimum absolute atomic E-state index is 0.0367. The molecule has 0 radical (unpaired) electrons. The van der Waals surface area contributed by atoms with Gasteiger partial charge in [0.15, 0.2) is 5.75 Å². The van der Waals surface area contributed by atoms with Crippen LogP contribution in [0.3, 0.4) is 0 Å². The molecule has 0 aromatic heterocycles. The van der Waals surface area contributed by atoms with Crippen molar-refractivity contribution in [2.75, 3.05) is 18.4 Å². The number of hydrogen-bond donors (Lipinski definition) is 1. The van der Waals surface area contributed by atoms with Crippen LogP contribution >= 0.6 is 0 Å². The van der Waals surface area contributed by atoms with E-state index in [0.29, 0.717) is 5.75 Å². The predicted molar refractivity (Wildman–Crippen MR) is 129 cm³/mol. The van der Waals surface area contributed by atoms with Crippen molar-refractivity contribution in [1.29, 1.82) is 0 Å². The van der Waals surface area contributed by atoms with Gasteiger partial charge in [0.2, 0.25) is 10.0 Å². The van der Waals surface area contributed by atoms with Gasteiger partial charge in [0.05, 0.1) is 15.5 Å². The molecule has 3 rings (SSSR count). The number of nitrogens with zero attached hydrogens (tertiary/aromatic N) is 2. The number of para-hydroxylation sites is 1. The zero-order chi connectivity index (χ0) is 24.9. The number of rotatable bonds is 9. The maximum atomic E-state index is 13.0. The lowest BCUT2D eigenvalue weighted by Crippen LogP contribution is -2.30. The van der Waals surface area contributed by atoms with Crippen LogP contribution in [-0.2, 0) is 10.0 Å². The average molecular weight is 484 g/mol. The van der Waals surface area contributed by atoms with Crippen LogP contribution in [0.1, 0.15) is 29.8 Å². The highest BCUT2D eigenvalue weighted by molar-refractivity contribution is 7.89. The van der Waals surface area contributed by atoms with Crippen molar-refractivity contribution in [2.45, 2.75) is 25.7 Å². The van der Waals surface area contributed by atoms with Crippen LogP contribution in [0.15, 0.2) is 71.6 Å². The summed E-state index contributed by atoms with van der Waals surface area (Å²) in [5.41, 5.74) is 0.564. The standard InChI is InChI=1S/C24H25N3O6S/c1-4-26(5-2)34(31,32)19-14-15-23(33-18-12-10-17(3)11-13-18)21(16-19)25-24(28)20-8-6-7-9-22(20)27(29)30/h6-16H,4-5H2,1-3H3,(H,25,28). The third-order valence-corrected chi connectivity index (χ3v) is 7.18. The Morgan fingerprint density at radius 2 is 1.68 bits per heavy atom. The van der Waals surface area contributed by atoms with Gasteiger partial charge in [0.1, 0.15) is 11.3 Å². The Bertz CT molecular complexity index is 1300. The number of nitro groups is 1. The highest BCUT2D eigenvalue weighted by atomic mass is 32.2. The Labute approximate surface area is 198 Å². The summed E-state index contributed by atoms with van der Waals surface area (Å²) >= 11 is 0. The summed E-state index contributed by atoms with van der Waals surface area (Å²) < 4.78 is 33.3. The van der Waals surface area contributed by atoms with Crippen LogP contribution in [0.4, 0.5) is 11.4 Å². The van der Waals surface area contributed by atoms with Gasteiger partial charge in [0.25, 0.3) is 11.6 Å². The number of amides is 1. The largest absolute Gasteiger partial charge is 0.455 e. The fraction of sp³-hybridized carbons (Fsp3) is 0.208. The number of nitro benzene ring substituents is 1. The van der Waals surface area contributed by atoms with Gasteiger partial charge in [-0.1, -0.05) is 43.7 Å². The zero-order valence-electron chi connectivity index (χ0n) is 19.0. The van der Waals surface area contributed by atoms with Crippen LogP contribution in [0, 0.1) is 17.0 Å². The second kappa shape index (κ2) is 10.4. The Morgan fingerprint density at radius 3 is 2.29 bits per heavy atom. The summed E-state index contributed by atoms with van der Waals surface area (Å²) in [5, 5.41) is 13.9. The average Bonchev–Trinajstić information content (AvgIpc) is 2.82. The van der Waals surface area contributed by atoms with E-state index in [4.69, 9.17) is 4.74 Å². The van der Waals surface area contributed by atoms with Gasteiger partial charge < -0.3 is 10.1 Å². The Kier molecular flexibility index (Phi) is 7.64. The SMILES string of the molecule is CCN(CC)S(=O)(=O)c1ccc(Oc2ccc(C)cc2)c(NC(=O)c2ccccc2[N+](=O)[O-])c1. The van der Waals surface area contributed by atoms with E-state index < -0.39 is 20.9 Å². The lowest BCUT2D eigenvalue weighted by Gasteiger charge is -2.20. The molecule has 3 aromatic carbocycles. The predicted octanol–water partition coefficient (Wildman–Crippen LogP) is 4.98. The number of aryl methyl sites for hydroxylation is 1. The number of ether oxygens (including phenoxy) is 1. The van der Waals surface area contributed by atoms with Crippen molar-refractivity contribution >= 4 is 27.3 Å². The number of carbonyl (C=O) groups excluding carboxylic acids is 1. The molecule has 0 heterocycles. The second-order valence-electron chi connectivity index (χ2n) is 7.39. The molecule has 0 atom stereocenters. The second-order valence-corrected chi connectivity index (χ2v) is 9.33. The molecule has 178 valence electrons. The fourth-order valence-corrected chi connectivity index (χ4v) is 4.80. The van der Waals surface area contributed by atoms with Crippen LogP contribution in [0.25, 0.3) is 0 Å². The lowest BCUT2D eigenvalue weighted by molar-refractivity contribution is -0.385. The molecule has 1 N–H and O–H groups in total. The molecular weight excluding hydrogens is 458 g/mol. The molecule has 34 heavy (non-hydrogen) atoms. The summed E-state index contributed by atoms with van der Waals surface area (Å²) in [4.78, 5) is 23.6. The number of anilines is 1. The first kappa shape index (κ1) is 24.9. The van der Waals surface area contributed by atoms with Crippen LogP contribution < -0.4 is 10.1 Å². The number of sulfonamides is 1. The summed E-state index contributed by atoms with van der Waals surface area (Å²) in [6, 6.07) is 16.8. The number of nitrogens with one attached hydrogen (secondary N) is 1. The normalized spacial score (nSPS) is 11.3. The summed E-state index contributed by atoms with van der Waals surface area (Å²) in [6.07, 6.45) is 0. The lowest BCUT2D eigenvalue weighted by atomic mass is 10.1. The third kappa shape index (κ3) is 5.41. The van der Waals surface area contributed by atoms with Crippen molar-refractivity contribution in [3.63, 3.8) is 0 Å². The molecule has 0 saturated carbocycles. The van der Waals surface area contributed by atoms with Gasteiger partial charge >= 0.3 is 0 Å². The molecule has 0 bridgehead atoms. The molecule has 0 aliphatic rings. The van der Waals surface area contributed by atoms with E-state index in [-0.39, 0.29) is 40.7 Å². The summed E-state index contributed by atoms with van der Waals surface area (Å²) in [5.74, 6) is -0.0983. The molecule has 3 aromatic rings. The van der Waals surface area contributed by atoms with E-state index in [1.54, 1.807) is 26.0 Å². The molecule has 0 aliphatic carbocycles. The number of benzene rings is 3. The number of carbonyl (C=O) groups is 1. The highest BCUT2D eigenvalue weighted by Gasteiger charge is 2.25. The van der Waals surface area contributed by atoms with Gasteiger partial charge in [-0.25, -0.2) is 8.42 Å². The quantitative estimate of drug-likeness (QED) is 0.339. The van der Waals surface area contributed by atoms with Gasteiger partial charge in [-0.3, -0.25) is 14.9 Å². The van der Waals surface area contributed by atoms with E-state index >= 15 is 0 Å². The Hall–Kier alpha value is -3.76. The maximum absolute atomic E-state index is 13.0. The minimum atomic E-state index is -3.82. The van der Waals surface area contributed by atoms with E-state index in [9.17, 15) is 23.3 Å². The Morgan fingerprint density at radius 1 is 1.03 bits per heavy atom. The molecule has 0 spiro atoms. The van der Waals surface area contributed by atoms with E-state index in [1.807, 2.05) is 19.1 Å². The van der Waals surface area contributed by atoms with Crippen molar-refractivity contribution in [1.82, 2.24) is 4.31 Å². The first-order valence-corrected chi connectivity index (χ1v) is 12.0. The van der Waals surface area contributed by atoms with Crippen LogP contribution in [0.2, 0.25) is 0 Å². The molecule has 10 heteroatoms. The van der Waals surface area contributed by atoms with Gasteiger partial charge in [-0.05, 0) is 43.3 Å². The van der Waals surface area contributed by atoms with Crippen LogP contribution in [-0.4, -0.2) is 36.6 Å². The van der Waals surface area contributed by atoms with E-state index in [1.165, 1.54) is 46.8 Å². The first-order chi connectivity index (χ1) is 16.2. The van der Waals surface area contributed by atoms with Crippen molar-refractivity contribution < 1.29 is 22.9 Å². The van der Waals surface area contributed by atoms with Gasteiger partial charge in [-0.2, -0.15) is 4.31 Å². The molecule has 0 aliphatic heterocycles. The molecular formula is C24H25N3O6S. The van der Waals surface area contributed by atoms with Crippen molar-refractivity contribution in [3.05, 3.63) is 88.0 Å². The fourth-order valence-electron chi connectivity index (χ4n) is 3.32. The minimum Gasteiger partial charge on any atom is -0.455 e. The molecule has 9 nitrogen and oxygen atoms in total. The monoisotopic (exact) mass is 483 g/mol. The van der Waals surface area contributed by atoms with Crippen molar-refractivity contribution in [3.8, 4) is 11.5 Å². The third-order valence-electron chi connectivity index (χ3n) is 5.14. The molecule has 0 unspecified atom stereocenters. The van der Waals surface area contributed by atoms with E-state index in [0.717, 1.165) is 5.56 Å². The maximum Gasteiger partial charge on any atom is 0.282 e. The molecule has 0 fully saturated rings. The van der Waals surface area contributed by atoms with E-state index in [2.05, 4.69) is 5.32 Å². The summed E-state index contributed by atoms with van der Waals surface area (Å²) in [7, 11) is -3.82.